The van der Waals surface area contributed by atoms with E-state index in [0.717, 1.165) is 37.0 Å². The predicted octanol–water partition coefficient (Wildman–Crippen LogP) is 4.98. The first-order valence-electron chi connectivity index (χ1n) is 10.5. The van der Waals surface area contributed by atoms with Gasteiger partial charge in [-0.05, 0) is 31.5 Å². The van der Waals surface area contributed by atoms with Crippen LogP contribution in [0.3, 0.4) is 0 Å². The van der Waals surface area contributed by atoms with Gasteiger partial charge in [-0.3, -0.25) is 9.59 Å². The van der Waals surface area contributed by atoms with E-state index in [1.54, 1.807) is 34.7 Å². The Labute approximate surface area is 204 Å². The molecule has 1 atom stereocenters. The topological polar surface area (TPSA) is 75.2 Å². The number of nitrogens with one attached hydrogen (secondary N) is 1. The second-order valence-electron chi connectivity index (χ2n) is 7.92. The number of benzene rings is 2. The van der Waals surface area contributed by atoms with Crippen LogP contribution in [0.4, 0.5) is 0 Å². The van der Waals surface area contributed by atoms with E-state index >= 15 is 0 Å². The number of aromatic nitrogens is 2. The number of rotatable bonds is 5. The second kappa shape index (κ2) is 9.24. The van der Waals surface area contributed by atoms with Crippen molar-refractivity contribution in [3.8, 4) is 10.4 Å². The van der Waals surface area contributed by atoms with E-state index in [2.05, 4.69) is 21.4 Å². The SMILES string of the molecule is Cc1cccc(-c2sc(C)nc2C(=O)N2CSC[C@H]2CNC(=O)c2cccc3scnc23)c1. The minimum absolute atomic E-state index is 0.0818. The molecular weight excluding hydrogens is 472 g/mol. The molecular formula is C24H22N4O2S3. The van der Waals surface area contributed by atoms with Crippen LogP contribution in [-0.2, 0) is 0 Å². The van der Waals surface area contributed by atoms with Gasteiger partial charge in [-0.25, -0.2) is 9.97 Å². The Kier molecular flexibility index (Phi) is 6.18. The van der Waals surface area contributed by atoms with Gasteiger partial charge in [0, 0.05) is 12.3 Å². The third kappa shape index (κ3) is 4.40. The molecule has 0 unspecified atom stereocenters. The maximum Gasteiger partial charge on any atom is 0.275 e. The van der Waals surface area contributed by atoms with Gasteiger partial charge in [-0.15, -0.1) is 34.4 Å². The van der Waals surface area contributed by atoms with E-state index in [4.69, 9.17) is 0 Å². The van der Waals surface area contributed by atoms with Gasteiger partial charge in [0.2, 0.25) is 0 Å². The molecule has 3 heterocycles. The summed E-state index contributed by atoms with van der Waals surface area (Å²) in [4.78, 5) is 38.1. The average Bonchev–Trinajstić information content (AvgIpc) is 3.55. The first-order valence-corrected chi connectivity index (χ1v) is 13.4. The predicted molar refractivity (Wildman–Crippen MR) is 136 cm³/mol. The Morgan fingerprint density at radius 1 is 1.18 bits per heavy atom. The van der Waals surface area contributed by atoms with Crippen LogP contribution in [0.15, 0.2) is 48.0 Å². The molecule has 0 bridgehead atoms. The molecule has 1 fully saturated rings. The number of aryl methyl sites for hydroxylation is 2. The van der Waals surface area contributed by atoms with Crippen molar-refractivity contribution in [2.75, 3.05) is 18.2 Å². The number of para-hydroxylation sites is 1. The maximum atomic E-state index is 13.5. The smallest absolute Gasteiger partial charge is 0.275 e. The quantitative estimate of drug-likeness (QED) is 0.423. The Bertz CT molecular complexity index is 1350. The minimum Gasteiger partial charge on any atom is -0.350 e. The number of amides is 2. The van der Waals surface area contributed by atoms with E-state index < -0.39 is 0 Å². The van der Waals surface area contributed by atoms with Gasteiger partial charge in [0.05, 0.1) is 43.1 Å². The summed E-state index contributed by atoms with van der Waals surface area (Å²) in [6.45, 7) is 4.36. The number of nitrogens with zero attached hydrogens (tertiary/aromatic N) is 3. The number of carbonyl (C=O) groups is 2. The molecule has 4 aromatic rings. The van der Waals surface area contributed by atoms with Crippen molar-refractivity contribution < 1.29 is 9.59 Å². The summed E-state index contributed by atoms with van der Waals surface area (Å²) < 4.78 is 0.985. The highest BCUT2D eigenvalue weighted by Gasteiger charge is 2.33. The first-order chi connectivity index (χ1) is 16.0. The van der Waals surface area contributed by atoms with Gasteiger partial charge in [0.25, 0.3) is 11.8 Å². The summed E-state index contributed by atoms with van der Waals surface area (Å²) in [5, 5.41) is 3.88. The molecule has 0 radical (unpaired) electrons. The molecule has 2 aromatic carbocycles. The fourth-order valence-corrected chi connectivity index (χ4v) is 6.75. The zero-order chi connectivity index (χ0) is 22.9. The van der Waals surface area contributed by atoms with E-state index in [1.165, 1.54) is 11.3 Å². The Morgan fingerprint density at radius 3 is 2.88 bits per heavy atom. The highest BCUT2D eigenvalue weighted by molar-refractivity contribution is 7.99. The van der Waals surface area contributed by atoms with Crippen molar-refractivity contribution in [2.24, 2.45) is 0 Å². The zero-order valence-corrected chi connectivity index (χ0v) is 20.6. The molecule has 1 N–H and O–H groups in total. The normalized spacial score (nSPS) is 15.8. The Morgan fingerprint density at radius 2 is 2.03 bits per heavy atom. The molecule has 0 spiro atoms. The minimum atomic E-state index is -0.166. The summed E-state index contributed by atoms with van der Waals surface area (Å²) in [6.07, 6.45) is 0. The van der Waals surface area contributed by atoms with Crippen LogP contribution in [0.1, 0.15) is 31.4 Å². The van der Waals surface area contributed by atoms with Crippen LogP contribution < -0.4 is 5.32 Å². The van der Waals surface area contributed by atoms with Crippen molar-refractivity contribution in [2.45, 2.75) is 19.9 Å². The lowest BCUT2D eigenvalue weighted by atomic mass is 10.1. The van der Waals surface area contributed by atoms with Crippen LogP contribution in [-0.4, -0.2) is 50.9 Å². The molecule has 5 rings (SSSR count). The number of carbonyl (C=O) groups excluding carboxylic acids is 2. The van der Waals surface area contributed by atoms with Gasteiger partial charge in [0.15, 0.2) is 0 Å². The Hall–Kier alpha value is -2.75. The van der Waals surface area contributed by atoms with E-state index in [9.17, 15) is 9.59 Å². The average molecular weight is 495 g/mol. The number of thioether (sulfide) groups is 1. The fraction of sp³-hybridized carbons (Fsp3) is 0.250. The largest absolute Gasteiger partial charge is 0.350 e. The molecule has 2 aromatic heterocycles. The number of fused-ring (bicyclic) bond motifs is 1. The lowest BCUT2D eigenvalue weighted by molar-refractivity contribution is 0.0732. The van der Waals surface area contributed by atoms with Crippen LogP contribution in [0.5, 0.6) is 0 Å². The molecule has 9 heteroatoms. The number of thiazole rings is 2. The summed E-state index contributed by atoms with van der Waals surface area (Å²) >= 11 is 4.75. The third-order valence-corrected chi connectivity index (χ3v) is 8.46. The summed E-state index contributed by atoms with van der Waals surface area (Å²) in [6, 6.07) is 13.7. The Balaban J connectivity index is 1.34. The highest BCUT2D eigenvalue weighted by Crippen LogP contribution is 2.33. The lowest BCUT2D eigenvalue weighted by Gasteiger charge is -2.24. The van der Waals surface area contributed by atoms with Crippen molar-refractivity contribution in [1.82, 2.24) is 20.2 Å². The summed E-state index contributed by atoms with van der Waals surface area (Å²) in [5.74, 6) is 1.11. The monoisotopic (exact) mass is 494 g/mol. The molecule has 2 amide bonds. The van der Waals surface area contributed by atoms with Crippen LogP contribution >= 0.6 is 34.4 Å². The molecule has 1 saturated heterocycles. The van der Waals surface area contributed by atoms with Crippen molar-refractivity contribution in [3.63, 3.8) is 0 Å². The van der Waals surface area contributed by atoms with Crippen molar-refractivity contribution in [3.05, 3.63) is 69.8 Å². The molecule has 1 aliphatic rings. The van der Waals surface area contributed by atoms with Crippen molar-refractivity contribution >= 4 is 56.5 Å². The standard InChI is InChI=1S/C24H22N4O2S3/c1-14-5-3-6-16(9-14)22-21(27-15(2)33-22)24(30)28-13-31-11-17(28)10-25-23(29)18-7-4-8-19-20(18)26-12-32-19/h3-9,12,17H,10-11,13H2,1-2H3,(H,25,29)/t17-/m1/s1. The van der Waals surface area contributed by atoms with Crippen molar-refractivity contribution in [1.29, 1.82) is 0 Å². The van der Waals surface area contributed by atoms with Gasteiger partial charge < -0.3 is 10.2 Å². The van der Waals surface area contributed by atoms with Crippen LogP contribution in [0, 0.1) is 13.8 Å². The summed E-state index contributed by atoms with van der Waals surface area (Å²) in [7, 11) is 0. The second-order valence-corrected chi connectivity index (χ2v) is 11.0. The molecule has 0 saturated carbocycles. The zero-order valence-electron chi connectivity index (χ0n) is 18.2. The van der Waals surface area contributed by atoms with E-state index in [-0.39, 0.29) is 17.9 Å². The lowest BCUT2D eigenvalue weighted by Crippen LogP contribution is -2.44. The maximum absolute atomic E-state index is 13.5. The number of hydrogen-bond donors (Lipinski definition) is 1. The molecule has 0 aliphatic carbocycles. The number of hydrogen-bond acceptors (Lipinski definition) is 7. The van der Waals surface area contributed by atoms with E-state index in [0.29, 0.717) is 23.7 Å². The molecule has 33 heavy (non-hydrogen) atoms. The summed E-state index contributed by atoms with van der Waals surface area (Å²) in [5.41, 5.74) is 5.68. The molecule has 168 valence electrons. The third-order valence-electron chi connectivity index (χ3n) is 5.56. The van der Waals surface area contributed by atoms with Gasteiger partial charge >= 0.3 is 0 Å². The first kappa shape index (κ1) is 22.1. The van der Waals surface area contributed by atoms with Crippen LogP contribution in [0.25, 0.3) is 20.7 Å². The van der Waals surface area contributed by atoms with Gasteiger partial charge in [-0.2, -0.15) is 0 Å². The van der Waals surface area contributed by atoms with Gasteiger partial charge in [0.1, 0.15) is 5.69 Å². The van der Waals surface area contributed by atoms with Crippen LogP contribution in [0.2, 0.25) is 0 Å². The molecule has 1 aliphatic heterocycles. The van der Waals surface area contributed by atoms with E-state index in [1.807, 2.05) is 49.1 Å². The highest BCUT2D eigenvalue weighted by atomic mass is 32.2. The molecule has 6 nitrogen and oxygen atoms in total. The fourth-order valence-electron chi connectivity index (χ4n) is 3.94. The van der Waals surface area contributed by atoms with Gasteiger partial charge in [-0.1, -0.05) is 35.9 Å².